The SMILES string of the molecule is CC(C)(C)OCCOc1ccc(-c2ccc(OC(F)(F)F)cc2)cc1[N+](=O)[O-]. The van der Waals surface area contributed by atoms with E-state index in [9.17, 15) is 23.3 Å². The van der Waals surface area contributed by atoms with Crippen LogP contribution < -0.4 is 9.47 Å². The zero-order valence-electron chi connectivity index (χ0n) is 15.6. The molecule has 0 radical (unpaired) electrons. The van der Waals surface area contributed by atoms with Crippen molar-refractivity contribution in [1.29, 1.82) is 0 Å². The van der Waals surface area contributed by atoms with Gasteiger partial charge in [0.25, 0.3) is 0 Å². The largest absolute Gasteiger partial charge is 0.573 e. The lowest BCUT2D eigenvalue weighted by Gasteiger charge is -2.19. The molecule has 2 rings (SSSR count). The minimum absolute atomic E-state index is 0.0864. The molecule has 0 aliphatic carbocycles. The van der Waals surface area contributed by atoms with Crippen molar-refractivity contribution in [3.63, 3.8) is 0 Å². The second-order valence-corrected chi connectivity index (χ2v) is 6.82. The number of nitro groups is 1. The zero-order valence-corrected chi connectivity index (χ0v) is 15.6. The third-order valence-electron chi connectivity index (χ3n) is 3.45. The highest BCUT2D eigenvalue weighted by Crippen LogP contribution is 2.33. The highest BCUT2D eigenvalue weighted by Gasteiger charge is 2.31. The molecule has 0 spiro atoms. The van der Waals surface area contributed by atoms with E-state index < -0.39 is 11.3 Å². The number of alkyl halides is 3. The van der Waals surface area contributed by atoms with Gasteiger partial charge in [-0.3, -0.25) is 10.1 Å². The maximum absolute atomic E-state index is 12.2. The molecule has 0 aliphatic heterocycles. The summed E-state index contributed by atoms with van der Waals surface area (Å²) in [6, 6.07) is 9.40. The summed E-state index contributed by atoms with van der Waals surface area (Å²) in [4.78, 5) is 10.8. The number of halogens is 3. The van der Waals surface area contributed by atoms with Gasteiger partial charge in [0.2, 0.25) is 0 Å². The van der Waals surface area contributed by atoms with Gasteiger partial charge in [0.05, 0.1) is 17.1 Å². The van der Waals surface area contributed by atoms with E-state index in [1.807, 2.05) is 20.8 Å². The molecule has 2 aromatic rings. The molecule has 0 heterocycles. The molecule has 2 aromatic carbocycles. The first-order valence-corrected chi connectivity index (χ1v) is 8.36. The van der Waals surface area contributed by atoms with E-state index in [1.165, 1.54) is 24.3 Å². The van der Waals surface area contributed by atoms with Crippen molar-refractivity contribution in [2.45, 2.75) is 32.7 Å². The lowest BCUT2D eigenvalue weighted by molar-refractivity contribution is -0.385. The first-order valence-electron chi connectivity index (χ1n) is 8.36. The smallest absolute Gasteiger partial charge is 0.484 e. The number of ether oxygens (including phenoxy) is 3. The van der Waals surface area contributed by atoms with Crippen LogP contribution in [0.25, 0.3) is 11.1 Å². The van der Waals surface area contributed by atoms with E-state index in [0.29, 0.717) is 11.1 Å². The molecule has 0 atom stereocenters. The topological polar surface area (TPSA) is 70.8 Å². The maximum atomic E-state index is 12.2. The Morgan fingerprint density at radius 3 is 2.11 bits per heavy atom. The summed E-state index contributed by atoms with van der Waals surface area (Å²) >= 11 is 0. The lowest BCUT2D eigenvalue weighted by Crippen LogP contribution is -2.22. The fraction of sp³-hybridized carbons (Fsp3) is 0.368. The number of hydrogen-bond acceptors (Lipinski definition) is 5. The summed E-state index contributed by atoms with van der Waals surface area (Å²) in [6.45, 7) is 6.06. The average molecular weight is 399 g/mol. The van der Waals surface area contributed by atoms with Crippen molar-refractivity contribution in [3.05, 3.63) is 52.6 Å². The van der Waals surface area contributed by atoms with Gasteiger partial charge in [-0.2, -0.15) is 0 Å². The number of nitrogens with zero attached hydrogens (tertiary/aromatic N) is 1. The first-order chi connectivity index (χ1) is 12.9. The molecule has 28 heavy (non-hydrogen) atoms. The van der Waals surface area contributed by atoms with Gasteiger partial charge in [-0.15, -0.1) is 13.2 Å². The second kappa shape index (κ2) is 8.47. The van der Waals surface area contributed by atoms with Gasteiger partial charge < -0.3 is 14.2 Å². The molecule has 0 saturated carbocycles. The Morgan fingerprint density at radius 1 is 0.964 bits per heavy atom. The number of hydrogen-bond donors (Lipinski definition) is 0. The van der Waals surface area contributed by atoms with Crippen LogP contribution in [0.3, 0.4) is 0 Å². The fourth-order valence-corrected chi connectivity index (χ4v) is 2.31. The monoisotopic (exact) mass is 399 g/mol. The predicted molar refractivity (Wildman–Crippen MR) is 96.4 cm³/mol. The predicted octanol–water partition coefficient (Wildman–Crippen LogP) is 5.35. The van der Waals surface area contributed by atoms with E-state index >= 15 is 0 Å². The third kappa shape index (κ3) is 6.73. The van der Waals surface area contributed by atoms with Gasteiger partial charge in [0, 0.05) is 6.07 Å². The summed E-state index contributed by atoms with van der Waals surface area (Å²) in [5.41, 5.74) is 0.369. The first kappa shape index (κ1) is 21.5. The molecular formula is C19H20F3NO5. The number of benzene rings is 2. The fourth-order valence-electron chi connectivity index (χ4n) is 2.31. The summed E-state index contributed by atoms with van der Waals surface area (Å²) in [5, 5.41) is 11.4. The Balaban J connectivity index is 2.14. The summed E-state index contributed by atoms with van der Waals surface area (Å²) in [7, 11) is 0. The van der Waals surface area contributed by atoms with E-state index in [4.69, 9.17) is 9.47 Å². The van der Waals surface area contributed by atoms with Gasteiger partial charge in [0.1, 0.15) is 12.4 Å². The van der Waals surface area contributed by atoms with Crippen molar-refractivity contribution in [2.24, 2.45) is 0 Å². The molecule has 0 N–H and O–H groups in total. The van der Waals surface area contributed by atoms with E-state index in [0.717, 1.165) is 12.1 Å². The molecule has 0 saturated heterocycles. The molecule has 0 aliphatic rings. The molecule has 0 unspecified atom stereocenters. The Bertz CT molecular complexity index is 814. The highest BCUT2D eigenvalue weighted by molar-refractivity contribution is 5.69. The molecule has 6 nitrogen and oxygen atoms in total. The van der Waals surface area contributed by atoms with Crippen molar-refractivity contribution < 1.29 is 32.3 Å². The van der Waals surface area contributed by atoms with Gasteiger partial charge in [0.15, 0.2) is 5.75 Å². The van der Waals surface area contributed by atoms with Gasteiger partial charge in [-0.1, -0.05) is 18.2 Å². The molecular weight excluding hydrogens is 379 g/mol. The Kier molecular flexibility index (Phi) is 6.50. The molecule has 0 amide bonds. The lowest BCUT2D eigenvalue weighted by atomic mass is 10.0. The Morgan fingerprint density at radius 2 is 1.57 bits per heavy atom. The standard InChI is InChI=1S/C19H20F3NO5/c1-18(2,3)27-11-10-26-17-9-6-14(12-16(17)23(24)25)13-4-7-15(8-5-13)28-19(20,21)22/h4-9,12H,10-11H2,1-3H3. The van der Waals surface area contributed by atoms with Crippen LogP contribution in [-0.2, 0) is 4.74 Å². The minimum atomic E-state index is -4.78. The van der Waals surface area contributed by atoms with Crippen LogP contribution in [0.2, 0.25) is 0 Å². The second-order valence-electron chi connectivity index (χ2n) is 6.82. The Labute approximate surface area is 160 Å². The normalized spacial score (nSPS) is 11.9. The van der Waals surface area contributed by atoms with E-state index in [-0.39, 0.29) is 36.0 Å². The maximum Gasteiger partial charge on any atom is 0.573 e. The molecule has 0 fully saturated rings. The molecule has 0 aromatic heterocycles. The molecule has 0 bridgehead atoms. The highest BCUT2D eigenvalue weighted by atomic mass is 19.4. The quantitative estimate of drug-likeness (QED) is 0.356. The summed E-state index contributed by atoms with van der Waals surface area (Å²) in [6.07, 6.45) is -4.78. The van der Waals surface area contributed by atoms with Gasteiger partial charge in [-0.05, 0) is 50.1 Å². The van der Waals surface area contributed by atoms with Crippen molar-refractivity contribution >= 4 is 5.69 Å². The minimum Gasteiger partial charge on any atom is -0.484 e. The van der Waals surface area contributed by atoms with Gasteiger partial charge >= 0.3 is 12.0 Å². The van der Waals surface area contributed by atoms with E-state index in [1.54, 1.807) is 6.07 Å². The summed E-state index contributed by atoms with van der Waals surface area (Å²) in [5.74, 6) is -0.284. The molecule has 9 heteroatoms. The van der Waals surface area contributed by atoms with Crippen molar-refractivity contribution in [3.8, 4) is 22.6 Å². The van der Waals surface area contributed by atoms with Crippen LogP contribution in [0.4, 0.5) is 18.9 Å². The van der Waals surface area contributed by atoms with Crippen LogP contribution in [-0.4, -0.2) is 30.1 Å². The van der Waals surface area contributed by atoms with Crippen LogP contribution >= 0.6 is 0 Å². The van der Waals surface area contributed by atoms with Crippen LogP contribution in [0.1, 0.15) is 20.8 Å². The van der Waals surface area contributed by atoms with Crippen molar-refractivity contribution in [2.75, 3.05) is 13.2 Å². The average Bonchev–Trinajstić information content (AvgIpc) is 2.57. The van der Waals surface area contributed by atoms with E-state index in [2.05, 4.69) is 4.74 Å². The molecule has 152 valence electrons. The van der Waals surface area contributed by atoms with Gasteiger partial charge in [-0.25, -0.2) is 0 Å². The number of nitro benzene ring substituents is 1. The van der Waals surface area contributed by atoms with Crippen molar-refractivity contribution in [1.82, 2.24) is 0 Å². The Hall–Kier alpha value is -2.81. The summed E-state index contributed by atoms with van der Waals surface area (Å²) < 4.78 is 51.4. The zero-order chi connectivity index (χ0) is 20.9. The van der Waals surface area contributed by atoms with Crippen LogP contribution in [0.15, 0.2) is 42.5 Å². The van der Waals surface area contributed by atoms with Crippen LogP contribution in [0, 0.1) is 10.1 Å². The number of rotatable bonds is 7. The van der Waals surface area contributed by atoms with Crippen LogP contribution in [0.5, 0.6) is 11.5 Å². The third-order valence-corrected chi connectivity index (χ3v) is 3.45.